The summed E-state index contributed by atoms with van der Waals surface area (Å²) in [5.74, 6) is -1.96. The third kappa shape index (κ3) is 3.87. The zero-order chi connectivity index (χ0) is 17.4. The molecular formula is C15H18FNO5S. The van der Waals surface area contributed by atoms with Crippen molar-refractivity contribution < 1.29 is 26.6 Å². The number of carbonyl (C=O) groups is 2. The van der Waals surface area contributed by atoms with Crippen LogP contribution in [0, 0.1) is 19.8 Å². The maximum Gasteiger partial charge on any atom is 0.337 e. The molecule has 0 N–H and O–H groups in total. The Hall–Kier alpha value is -1.96. The van der Waals surface area contributed by atoms with Crippen LogP contribution >= 0.6 is 0 Å². The van der Waals surface area contributed by atoms with E-state index in [-0.39, 0.29) is 18.9 Å². The Balaban J connectivity index is 2.32. The molecule has 0 aliphatic carbocycles. The van der Waals surface area contributed by atoms with Crippen molar-refractivity contribution in [3.63, 3.8) is 0 Å². The van der Waals surface area contributed by atoms with Crippen LogP contribution in [-0.4, -0.2) is 39.7 Å². The molecule has 1 fully saturated rings. The number of rotatable bonds is 4. The summed E-state index contributed by atoms with van der Waals surface area (Å²) in [5, 5.41) is 0. The van der Waals surface area contributed by atoms with Gasteiger partial charge >= 0.3 is 16.2 Å². The molecule has 0 spiro atoms. The van der Waals surface area contributed by atoms with Gasteiger partial charge in [-0.05, 0) is 37.1 Å². The van der Waals surface area contributed by atoms with Gasteiger partial charge in [0.25, 0.3) is 0 Å². The second-order valence-corrected chi connectivity index (χ2v) is 7.14. The van der Waals surface area contributed by atoms with Crippen molar-refractivity contribution in [2.45, 2.75) is 20.3 Å². The van der Waals surface area contributed by atoms with E-state index in [4.69, 9.17) is 0 Å². The fourth-order valence-corrected chi connectivity index (χ4v) is 3.79. The van der Waals surface area contributed by atoms with E-state index >= 15 is 0 Å². The third-order valence-electron chi connectivity index (χ3n) is 3.82. The molecule has 1 aromatic rings. The van der Waals surface area contributed by atoms with Crippen LogP contribution in [0.5, 0.6) is 0 Å². The first-order chi connectivity index (χ1) is 10.6. The average Bonchev–Trinajstić information content (AvgIpc) is 2.75. The Bertz CT molecular complexity index is 736. The maximum absolute atomic E-state index is 12.8. The topological polar surface area (TPSA) is 80.8 Å². The lowest BCUT2D eigenvalue weighted by Crippen LogP contribution is -2.27. The van der Waals surface area contributed by atoms with Gasteiger partial charge < -0.3 is 9.64 Å². The van der Waals surface area contributed by atoms with Crippen LogP contribution in [0.2, 0.25) is 0 Å². The van der Waals surface area contributed by atoms with Crippen molar-refractivity contribution in [2.75, 3.05) is 24.3 Å². The summed E-state index contributed by atoms with van der Waals surface area (Å²) in [4.78, 5) is 25.2. The van der Waals surface area contributed by atoms with Gasteiger partial charge in [-0.3, -0.25) is 4.79 Å². The predicted octanol–water partition coefficient (Wildman–Crippen LogP) is 1.74. The van der Waals surface area contributed by atoms with Crippen LogP contribution in [0.3, 0.4) is 0 Å². The molecule has 1 saturated heterocycles. The molecule has 8 heteroatoms. The Morgan fingerprint density at radius 2 is 1.91 bits per heavy atom. The van der Waals surface area contributed by atoms with Gasteiger partial charge in [0.2, 0.25) is 5.91 Å². The number of nitrogens with zero attached hydrogens (tertiary/aromatic N) is 1. The summed E-state index contributed by atoms with van der Waals surface area (Å²) < 4.78 is 39.1. The first-order valence-corrected chi connectivity index (χ1v) is 8.60. The number of methoxy groups -OCH3 is 1. The maximum atomic E-state index is 12.8. The van der Waals surface area contributed by atoms with E-state index in [1.807, 2.05) is 0 Å². The minimum absolute atomic E-state index is 0.0131. The summed E-state index contributed by atoms with van der Waals surface area (Å²) >= 11 is 0. The Morgan fingerprint density at radius 1 is 1.35 bits per heavy atom. The number of esters is 1. The molecule has 23 heavy (non-hydrogen) atoms. The summed E-state index contributed by atoms with van der Waals surface area (Å²) in [6.07, 6.45) is -0.0131. The van der Waals surface area contributed by atoms with E-state index in [0.717, 1.165) is 0 Å². The van der Waals surface area contributed by atoms with E-state index in [9.17, 15) is 21.9 Å². The number of anilines is 1. The van der Waals surface area contributed by atoms with E-state index in [0.29, 0.717) is 22.4 Å². The largest absolute Gasteiger partial charge is 0.465 e. The Kier molecular flexibility index (Phi) is 4.74. The number of carbonyl (C=O) groups excluding carboxylic acids is 2. The summed E-state index contributed by atoms with van der Waals surface area (Å²) in [6.45, 7) is 3.64. The van der Waals surface area contributed by atoms with Crippen LogP contribution < -0.4 is 4.90 Å². The highest BCUT2D eigenvalue weighted by Crippen LogP contribution is 2.32. The molecule has 0 radical (unpaired) electrons. The van der Waals surface area contributed by atoms with Crippen LogP contribution in [0.15, 0.2) is 12.1 Å². The van der Waals surface area contributed by atoms with Crippen molar-refractivity contribution >= 4 is 27.8 Å². The van der Waals surface area contributed by atoms with Crippen LogP contribution in [0.25, 0.3) is 0 Å². The fourth-order valence-electron chi connectivity index (χ4n) is 3.01. The lowest BCUT2D eigenvalue weighted by molar-refractivity contribution is -0.117. The Morgan fingerprint density at radius 3 is 2.39 bits per heavy atom. The second kappa shape index (κ2) is 6.27. The number of ether oxygens (including phenoxy) is 1. The highest BCUT2D eigenvalue weighted by atomic mass is 32.3. The minimum Gasteiger partial charge on any atom is -0.465 e. The molecule has 1 unspecified atom stereocenters. The molecule has 1 aromatic carbocycles. The number of aryl methyl sites for hydroxylation is 2. The van der Waals surface area contributed by atoms with Crippen molar-refractivity contribution in [1.82, 2.24) is 0 Å². The van der Waals surface area contributed by atoms with Crippen molar-refractivity contribution in [3.05, 3.63) is 28.8 Å². The minimum atomic E-state index is -4.62. The summed E-state index contributed by atoms with van der Waals surface area (Å²) in [5.41, 5.74) is 2.40. The SMILES string of the molecule is COC(=O)c1cc(C)c(N2CC(CS(=O)(=O)F)CC2=O)c(C)c1. The van der Waals surface area contributed by atoms with Gasteiger partial charge in [0, 0.05) is 24.6 Å². The Labute approximate surface area is 134 Å². The zero-order valence-corrected chi connectivity index (χ0v) is 13.9. The molecule has 1 atom stereocenters. The van der Waals surface area contributed by atoms with Crippen molar-refractivity contribution in [1.29, 1.82) is 0 Å². The molecule has 0 aromatic heterocycles. The second-order valence-electron chi connectivity index (χ2n) is 5.73. The van der Waals surface area contributed by atoms with E-state index in [1.54, 1.807) is 26.0 Å². The molecule has 1 heterocycles. The number of benzene rings is 1. The molecule has 6 nitrogen and oxygen atoms in total. The lowest BCUT2D eigenvalue weighted by Gasteiger charge is -2.22. The monoisotopic (exact) mass is 343 g/mol. The van der Waals surface area contributed by atoms with Gasteiger partial charge in [-0.25, -0.2) is 4.79 Å². The first-order valence-electron chi connectivity index (χ1n) is 7.04. The third-order valence-corrected chi connectivity index (χ3v) is 4.69. The van der Waals surface area contributed by atoms with Crippen molar-refractivity contribution in [3.8, 4) is 0 Å². The lowest BCUT2D eigenvalue weighted by atomic mass is 10.0. The summed E-state index contributed by atoms with van der Waals surface area (Å²) in [6, 6.07) is 3.22. The molecule has 1 amide bonds. The number of hydrogen-bond donors (Lipinski definition) is 0. The quantitative estimate of drug-likeness (QED) is 0.614. The summed E-state index contributed by atoms with van der Waals surface area (Å²) in [7, 11) is -3.33. The van der Waals surface area contributed by atoms with Crippen LogP contribution in [-0.2, 0) is 19.8 Å². The van der Waals surface area contributed by atoms with Crippen molar-refractivity contribution in [2.24, 2.45) is 5.92 Å². The predicted molar refractivity (Wildman–Crippen MR) is 82.6 cm³/mol. The van der Waals surface area contributed by atoms with Crippen LogP contribution in [0.1, 0.15) is 27.9 Å². The molecule has 126 valence electrons. The van der Waals surface area contributed by atoms with Crippen LogP contribution in [0.4, 0.5) is 9.57 Å². The molecule has 2 rings (SSSR count). The molecule has 0 bridgehead atoms. The van der Waals surface area contributed by atoms with E-state index < -0.39 is 27.9 Å². The average molecular weight is 343 g/mol. The van der Waals surface area contributed by atoms with Gasteiger partial charge in [0.1, 0.15) is 0 Å². The van der Waals surface area contributed by atoms with Gasteiger partial charge in [-0.15, -0.1) is 3.89 Å². The van der Waals surface area contributed by atoms with Gasteiger partial charge in [-0.2, -0.15) is 8.42 Å². The number of halogens is 1. The van der Waals surface area contributed by atoms with Gasteiger partial charge in [-0.1, -0.05) is 0 Å². The number of hydrogen-bond acceptors (Lipinski definition) is 5. The smallest absolute Gasteiger partial charge is 0.337 e. The van der Waals surface area contributed by atoms with E-state index in [1.165, 1.54) is 12.0 Å². The molecule has 1 aliphatic rings. The molecule has 1 aliphatic heterocycles. The highest BCUT2D eigenvalue weighted by Gasteiger charge is 2.35. The van der Waals surface area contributed by atoms with E-state index in [2.05, 4.69) is 4.74 Å². The van der Waals surface area contributed by atoms with Gasteiger partial charge in [0.15, 0.2) is 0 Å². The normalized spacial score (nSPS) is 18.3. The fraction of sp³-hybridized carbons (Fsp3) is 0.467. The standard InChI is InChI=1S/C15H18FNO5S/c1-9-4-12(15(19)22-3)5-10(2)14(9)17-7-11(6-13(17)18)8-23(16,20)21/h4-5,11H,6-8H2,1-3H3. The molecular weight excluding hydrogens is 325 g/mol. The highest BCUT2D eigenvalue weighted by molar-refractivity contribution is 7.86. The number of amides is 1. The molecule has 0 saturated carbocycles. The first kappa shape index (κ1) is 17.4. The zero-order valence-electron chi connectivity index (χ0n) is 13.1. The van der Waals surface area contributed by atoms with Gasteiger partial charge in [0.05, 0.1) is 18.4 Å².